The molecule has 470 valence electrons. The van der Waals surface area contributed by atoms with E-state index in [1.165, 1.54) is 353 Å². The zero-order valence-electron chi connectivity index (χ0n) is 53.9. The van der Waals surface area contributed by atoms with E-state index in [4.69, 9.17) is 4.74 Å². The number of unbranched alkanes of at least 4 members (excludes halogenated alkanes) is 58. The first-order valence-corrected chi connectivity index (χ1v) is 36.5. The van der Waals surface area contributed by atoms with E-state index in [0.717, 1.165) is 38.5 Å². The first-order chi connectivity index (χ1) is 39.0. The second kappa shape index (κ2) is 69.1. The summed E-state index contributed by atoms with van der Waals surface area (Å²) in [7, 11) is 0. The van der Waals surface area contributed by atoms with Crippen molar-refractivity contribution in [3.05, 3.63) is 12.2 Å². The molecule has 0 saturated carbocycles. The third-order valence-electron chi connectivity index (χ3n) is 17.3. The third-order valence-corrected chi connectivity index (χ3v) is 17.3. The monoisotopic (exact) mass is 1110 g/mol. The Hall–Kier alpha value is -1.40. The van der Waals surface area contributed by atoms with Gasteiger partial charge >= 0.3 is 5.97 Å². The molecule has 2 unspecified atom stereocenters. The molecule has 2 atom stereocenters. The SMILES string of the molecule is CCCCCCCCCCCCCCCCCCC/C=C/C(O)C(CO)NC(=O)CCCCCCCCCCCCCCCCCCCCCCCCCCCCCCCCCCOC(=O)CCCCCCCCCCCCC. The highest BCUT2D eigenvalue weighted by atomic mass is 16.5. The van der Waals surface area contributed by atoms with Crippen LogP contribution in [0.15, 0.2) is 12.2 Å². The van der Waals surface area contributed by atoms with Crippen LogP contribution in [0.1, 0.15) is 418 Å². The summed E-state index contributed by atoms with van der Waals surface area (Å²) in [5.41, 5.74) is 0. The fourth-order valence-electron chi connectivity index (χ4n) is 11.8. The Morgan fingerprint density at radius 1 is 0.342 bits per heavy atom. The number of aliphatic hydroxyl groups excluding tert-OH is 2. The maximum absolute atomic E-state index is 12.5. The number of amides is 1. The number of ether oxygens (including phenoxy) is 1. The molecule has 0 fully saturated rings. The Labute approximate surface area is 495 Å². The van der Waals surface area contributed by atoms with Gasteiger partial charge in [0.2, 0.25) is 5.91 Å². The van der Waals surface area contributed by atoms with Crippen LogP contribution in [0.2, 0.25) is 0 Å². The largest absolute Gasteiger partial charge is 0.466 e. The molecule has 0 saturated heterocycles. The van der Waals surface area contributed by atoms with Crippen molar-refractivity contribution in [2.75, 3.05) is 13.2 Å². The van der Waals surface area contributed by atoms with Crippen LogP contribution in [-0.4, -0.2) is 47.4 Å². The quantitative estimate of drug-likeness (QED) is 0.0320. The van der Waals surface area contributed by atoms with Crippen LogP contribution >= 0.6 is 0 Å². The van der Waals surface area contributed by atoms with E-state index in [0.29, 0.717) is 19.4 Å². The van der Waals surface area contributed by atoms with Crippen LogP contribution in [0.5, 0.6) is 0 Å². The van der Waals surface area contributed by atoms with E-state index in [9.17, 15) is 19.8 Å². The summed E-state index contributed by atoms with van der Waals surface area (Å²) in [6.45, 7) is 4.95. The normalized spacial score (nSPS) is 12.5. The Kier molecular flexibility index (Phi) is 67.9. The van der Waals surface area contributed by atoms with Gasteiger partial charge in [-0.25, -0.2) is 0 Å². The Balaban J connectivity index is 3.34. The minimum atomic E-state index is -0.841. The van der Waals surface area contributed by atoms with Crippen molar-refractivity contribution >= 4 is 11.9 Å². The molecule has 0 aliphatic heterocycles. The molecule has 79 heavy (non-hydrogen) atoms. The van der Waals surface area contributed by atoms with E-state index < -0.39 is 12.1 Å². The van der Waals surface area contributed by atoms with Gasteiger partial charge in [0.15, 0.2) is 0 Å². The molecule has 0 aliphatic rings. The van der Waals surface area contributed by atoms with Crippen LogP contribution in [0, 0.1) is 0 Å². The molecule has 0 aromatic heterocycles. The topological polar surface area (TPSA) is 95.9 Å². The number of rotatable bonds is 69. The van der Waals surface area contributed by atoms with Crippen molar-refractivity contribution in [2.24, 2.45) is 0 Å². The molecule has 6 heteroatoms. The lowest BCUT2D eigenvalue weighted by atomic mass is 10.0. The fourth-order valence-corrected chi connectivity index (χ4v) is 11.8. The second-order valence-corrected chi connectivity index (χ2v) is 25.3. The molecular formula is C73H143NO5. The molecule has 0 aliphatic carbocycles. The lowest BCUT2D eigenvalue weighted by Gasteiger charge is -2.20. The molecule has 0 heterocycles. The maximum Gasteiger partial charge on any atom is 0.305 e. The van der Waals surface area contributed by atoms with Crippen LogP contribution in [-0.2, 0) is 14.3 Å². The standard InChI is InChI=1S/C73H143NO5/c1-3-5-7-9-11-13-15-16-17-18-33-36-39-42-46-49-53-57-61-65-71(76)70(69-75)74-72(77)66-62-58-54-50-47-43-40-37-34-31-29-27-25-23-21-19-20-22-24-26-28-30-32-35-38-41-44-48-52-56-60-64-68-79-73(78)67-63-59-55-51-45-14-12-10-8-6-4-2/h61,65,70-71,75-76H,3-60,62-64,66-69H2,1-2H3,(H,74,77)/b65-61+. The zero-order chi connectivity index (χ0) is 57.1. The highest BCUT2D eigenvalue weighted by molar-refractivity contribution is 5.76. The number of allylic oxidation sites excluding steroid dienone is 1. The smallest absolute Gasteiger partial charge is 0.305 e. The summed E-state index contributed by atoms with van der Waals surface area (Å²) in [6.07, 6.45) is 86.0. The molecule has 6 nitrogen and oxygen atoms in total. The molecule has 0 radical (unpaired) electrons. The number of nitrogens with one attached hydrogen (secondary N) is 1. The van der Waals surface area contributed by atoms with Gasteiger partial charge in [0.1, 0.15) is 0 Å². The number of esters is 1. The molecule has 0 aromatic carbocycles. The van der Waals surface area contributed by atoms with Crippen molar-refractivity contribution in [2.45, 2.75) is 431 Å². The van der Waals surface area contributed by atoms with E-state index in [1.54, 1.807) is 6.08 Å². The summed E-state index contributed by atoms with van der Waals surface area (Å²) < 4.78 is 5.48. The highest BCUT2D eigenvalue weighted by Crippen LogP contribution is 2.19. The van der Waals surface area contributed by atoms with Gasteiger partial charge in [0, 0.05) is 12.8 Å². The zero-order valence-corrected chi connectivity index (χ0v) is 53.9. The van der Waals surface area contributed by atoms with E-state index in [2.05, 4.69) is 19.2 Å². The van der Waals surface area contributed by atoms with Crippen molar-refractivity contribution in [1.29, 1.82) is 0 Å². The number of carbonyl (C=O) groups is 2. The molecule has 3 N–H and O–H groups in total. The number of hydrogen-bond donors (Lipinski definition) is 3. The third kappa shape index (κ3) is 65.6. The van der Waals surface area contributed by atoms with Gasteiger partial charge in [-0.15, -0.1) is 0 Å². The number of carbonyl (C=O) groups excluding carboxylic acids is 2. The summed E-state index contributed by atoms with van der Waals surface area (Å²) in [6, 6.07) is -0.624. The van der Waals surface area contributed by atoms with Crippen molar-refractivity contribution in [3.8, 4) is 0 Å². The number of aliphatic hydroxyl groups is 2. The van der Waals surface area contributed by atoms with Crippen molar-refractivity contribution in [1.82, 2.24) is 5.32 Å². The van der Waals surface area contributed by atoms with Crippen LogP contribution in [0.25, 0.3) is 0 Å². The average Bonchev–Trinajstić information content (AvgIpc) is 3.45. The van der Waals surface area contributed by atoms with Gasteiger partial charge in [-0.05, 0) is 32.1 Å². The lowest BCUT2D eigenvalue weighted by molar-refractivity contribution is -0.143. The van der Waals surface area contributed by atoms with Crippen LogP contribution in [0.3, 0.4) is 0 Å². The predicted molar refractivity (Wildman–Crippen MR) is 347 cm³/mol. The number of hydrogen-bond acceptors (Lipinski definition) is 5. The summed E-state index contributed by atoms with van der Waals surface area (Å²) in [4.78, 5) is 24.5. The van der Waals surface area contributed by atoms with E-state index in [-0.39, 0.29) is 18.5 Å². The van der Waals surface area contributed by atoms with Crippen LogP contribution < -0.4 is 5.32 Å². The summed E-state index contributed by atoms with van der Waals surface area (Å²) in [5.74, 6) is -0.0376. The fraction of sp³-hybridized carbons (Fsp3) is 0.945. The first kappa shape index (κ1) is 77.6. The molecular weight excluding hydrogens is 971 g/mol. The van der Waals surface area contributed by atoms with Crippen molar-refractivity contribution < 1.29 is 24.5 Å². The minimum absolute atomic E-state index is 0.0215. The first-order valence-electron chi connectivity index (χ1n) is 36.5. The van der Waals surface area contributed by atoms with Crippen molar-refractivity contribution in [3.63, 3.8) is 0 Å². The molecule has 1 amide bonds. The van der Waals surface area contributed by atoms with Gasteiger partial charge < -0.3 is 20.3 Å². The summed E-state index contributed by atoms with van der Waals surface area (Å²) >= 11 is 0. The van der Waals surface area contributed by atoms with Gasteiger partial charge in [-0.1, -0.05) is 386 Å². The molecule has 0 aromatic rings. The minimum Gasteiger partial charge on any atom is -0.466 e. The predicted octanol–water partition coefficient (Wildman–Crippen LogP) is 23.5. The van der Waals surface area contributed by atoms with Gasteiger partial charge in [0.25, 0.3) is 0 Å². The second-order valence-electron chi connectivity index (χ2n) is 25.3. The van der Waals surface area contributed by atoms with Gasteiger partial charge in [0.05, 0.1) is 25.4 Å². The van der Waals surface area contributed by atoms with Gasteiger partial charge in [-0.2, -0.15) is 0 Å². The van der Waals surface area contributed by atoms with E-state index >= 15 is 0 Å². The maximum atomic E-state index is 12.5. The molecule has 0 rings (SSSR count). The Morgan fingerprint density at radius 2 is 0.582 bits per heavy atom. The van der Waals surface area contributed by atoms with Gasteiger partial charge in [-0.3, -0.25) is 9.59 Å². The molecule has 0 spiro atoms. The Morgan fingerprint density at radius 3 is 0.861 bits per heavy atom. The van der Waals surface area contributed by atoms with Crippen LogP contribution in [0.4, 0.5) is 0 Å². The summed E-state index contributed by atoms with van der Waals surface area (Å²) in [5, 5.41) is 23.2. The van der Waals surface area contributed by atoms with E-state index in [1.807, 2.05) is 6.08 Å². The lowest BCUT2D eigenvalue weighted by Crippen LogP contribution is -2.45. The molecule has 0 bridgehead atoms. The Bertz CT molecular complexity index is 1190. The highest BCUT2D eigenvalue weighted by Gasteiger charge is 2.18. The average molecular weight is 1110 g/mol.